The zero-order chi connectivity index (χ0) is 27.2. The predicted octanol–water partition coefficient (Wildman–Crippen LogP) is 4.81. The number of carbonyl (C=O) groups is 2. The molecule has 3 aromatic carbocycles. The summed E-state index contributed by atoms with van der Waals surface area (Å²) in [7, 11) is -2.57. The number of carbonyl (C=O) groups excluding carboxylic acids is 2. The molecule has 0 bridgehead atoms. The van der Waals surface area contributed by atoms with Gasteiger partial charge in [0.1, 0.15) is 12.6 Å². The van der Waals surface area contributed by atoms with Gasteiger partial charge in [-0.15, -0.1) is 0 Å². The van der Waals surface area contributed by atoms with Gasteiger partial charge in [0.15, 0.2) is 0 Å². The van der Waals surface area contributed by atoms with Crippen molar-refractivity contribution in [3.8, 4) is 0 Å². The molecule has 0 saturated carbocycles. The lowest BCUT2D eigenvalue weighted by atomic mass is 10.1. The van der Waals surface area contributed by atoms with Gasteiger partial charge in [0, 0.05) is 18.1 Å². The maximum absolute atomic E-state index is 13.9. The third-order valence-corrected chi connectivity index (χ3v) is 8.33. The number of nitrogens with one attached hydrogen (secondary N) is 1. The summed E-state index contributed by atoms with van der Waals surface area (Å²) < 4.78 is 29.4. The molecule has 1 atom stereocenters. The van der Waals surface area contributed by atoms with E-state index in [1.165, 1.54) is 24.1 Å². The van der Waals surface area contributed by atoms with E-state index in [1.54, 1.807) is 36.4 Å². The number of rotatable bonds is 10. The Morgan fingerprint density at radius 1 is 0.946 bits per heavy atom. The molecule has 0 heterocycles. The number of amides is 2. The molecule has 0 radical (unpaired) electrons. The number of halogens is 1. The average Bonchev–Trinajstić information content (AvgIpc) is 2.87. The molecule has 0 aromatic heterocycles. The highest BCUT2D eigenvalue weighted by molar-refractivity contribution is 9.10. The highest BCUT2D eigenvalue weighted by Crippen LogP contribution is 2.27. The number of hydrogen-bond donors (Lipinski definition) is 1. The van der Waals surface area contributed by atoms with Gasteiger partial charge in [-0.05, 0) is 56.2 Å². The van der Waals surface area contributed by atoms with Gasteiger partial charge in [0.2, 0.25) is 11.8 Å². The summed E-state index contributed by atoms with van der Waals surface area (Å²) >= 11 is 3.40. The third-order valence-electron chi connectivity index (χ3n) is 6.05. The SMILES string of the molecule is CCC(C(=O)NC)N(Cc1cccc(C)c1)C(=O)CN(c1cccc(Br)c1)S(=O)(=O)c1ccc(C)cc1. The van der Waals surface area contributed by atoms with Gasteiger partial charge in [-0.2, -0.15) is 0 Å². The molecule has 9 heteroatoms. The van der Waals surface area contributed by atoms with Crippen LogP contribution in [-0.4, -0.2) is 44.8 Å². The summed E-state index contributed by atoms with van der Waals surface area (Å²) in [5.74, 6) is -0.786. The Kier molecular flexibility index (Phi) is 9.50. The molecule has 3 aromatic rings. The quantitative estimate of drug-likeness (QED) is 0.370. The van der Waals surface area contributed by atoms with Crippen molar-refractivity contribution in [2.45, 2.75) is 44.7 Å². The standard InChI is InChI=1S/C28H32BrN3O4S/c1-5-26(28(34)30-4)31(18-22-9-6-8-21(3)16-22)27(33)19-32(24-11-7-10-23(29)17-24)37(35,36)25-14-12-20(2)13-15-25/h6-17,26H,5,18-19H2,1-4H3,(H,30,34). The first-order chi connectivity index (χ1) is 17.6. The topological polar surface area (TPSA) is 86.8 Å². The first-order valence-corrected chi connectivity index (χ1v) is 14.2. The fourth-order valence-corrected chi connectivity index (χ4v) is 5.88. The van der Waals surface area contributed by atoms with Crippen LogP contribution in [-0.2, 0) is 26.2 Å². The van der Waals surface area contributed by atoms with Crippen molar-refractivity contribution in [3.63, 3.8) is 0 Å². The maximum Gasteiger partial charge on any atom is 0.264 e. The van der Waals surface area contributed by atoms with Gasteiger partial charge in [0.05, 0.1) is 10.6 Å². The molecule has 7 nitrogen and oxygen atoms in total. The minimum absolute atomic E-state index is 0.0782. The summed E-state index contributed by atoms with van der Waals surface area (Å²) in [6.45, 7) is 5.36. The van der Waals surface area contributed by atoms with Crippen LogP contribution < -0.4 is 9.62 Å². The molecule has 0 aliphatic heterocycles. The van der Waals surface area contributed by atoms with Crippen LogP contribution in [0.1, 0.15) is 30.0 Å². The van der Waals surface area contributed by atoms with E-state index in [4.69, 9.17) is 0 Å². The molecule has 3 rings (SSSR count). The summed E-state index contributed by atoms with van der Waals surface area (Å²) in [6, 6.07) is 20.2. The molecular weight excluding hydrogens is 554 g/mol. The Morgan fingerprint density at radius 2 is 1.62 bits per heavy atom. The van der Waals surface area contributed by atoms with Crippen molar-refractivity contribution < 1.29 is 18.0 Å². The lowest BCUT2D eigenvalue weighted by Crippen LogP contribution is -2.51. The first-order valence-electron chi connectivity index (χ1n) is 12.0. The normalized spacial score (nSPS) is 12.0. The molecular formula is C28H32BrN3O4S. The highest BCUT2D eigenvalue weighted by atomic mass is 79.9. The van der Waals surface area contributed by atoms with E-state index in [9.17, 15) is 18.0 Å². The molecule has 0 aliphatic rings. The van der Waals surface area contributed by atoms with E-state index in [1.807, 2.05) is 45.0 Å². The monoisotopic (exact) mass is 585 g/mol. The summed E-state index contributed by atoms with van der Waals surface area (Å²) in [5, 5.41) is 2.63. The largest absolute Gasteiger partial charge is 0.357 e. The number of sulfonamides is 1. The van der Waals surface area contributed by atoms with E-state index >= 15 is 0 Å². The highest BCUT2D eigenvalue weighted by Gasteiger charge is 2.33. The van der Waals surface area contributed by atoms with E-state index in [0.717, 1.165) is 21.0 Å². The molecule has 0 spiro atoms. The van der Waals surface area contributed by atoms with Crippen LogP contribution in [0, 0.1) is 13.8 Å². The number of anilines is 1. The lowest BCUT2D eigenvalue weighted by molar-refractivity contribution is -0.140. The van der Waals surface area contributed by atoms with Gasteiger partial charge in [-0.1, -0.05) is 76.4 Å². The van der Waals surface area contributed by atoms with Gasteiger partial charge in [-0.3, -0.25) is 13.9 Å². The zero-order valence-electron chi connectivity index (χ0n) is 21.4. The molecule has 0 saturated heterocycles. The zero-order valence-corrected chi connectivity index (χ0v) is 23.8. The van der Waals surface area contributed by atoms with Crippen LogP contribution in [0.5, 0.6) is 0 Å². The smallest absolute Gasteiger partial charge is 0.264 e. The second-order valence-corrected chi connectivity index (χ2v) is 11.6. The minimum Gasteiger partial charge on any atom is -0.357 e. The molecule has 37 heavy (non-hydrogen) atoms. The Balaban J connectivity index is 2.06. The van der Waals surface area contributed by atoms with E-state index < -0.39 is 28.5 Å². The van der Waals surface area contributed by atoms with Gasteiger partial charge in [-0.25, -0.2) is 8.42 Å². The molecule has 2 amide bonds. The van der Waals surface area contributed by atoms with Gasteiger partial charge >= 0.3 is 0 Å². The van der Waals surface area contributed by atoms with Crippen molar-refractivity contribution in [2.75, 3.05) is 17.9 Å². The van der Waals surface area contributed by atoms with Crippen LogP contribution in [0.15, 0.2) is 82.2 Å². The minimum atomic E-state index is -4.09. The number of benzene rings is 3. The molecule has 0 aliphatic carbocycles. The van der Waals surface area contributed by atoms with Crippen LogP contribution in [0.3, 0.4) is 0 Å². The van der Waals surface area contributed by atoms with E-state index in [0.29, 0.717) is 16.6 Å². The second kappa shape index (κ2) is 12.4. The fraction of sp³-hybridized carbons (Fsp3) is 0.286. The Morgan fingerprint density at radius 3 is 2.22 bits per heavy atom. The Labute approximate surface area is 227 Å². The number of hydrogen-bond acceptors (Lipinski definition) is 4. The summed E-state index contributed by atoms with van der Waals surface area (Å²) in [6.07, 6.45) is 0.374. The summed E-state index contributed by atoms with van der Waals surface area (Å²) in [5.41, 5.74) is 3.14. The van der Waals surface area contributed by atoms with Crippen molar-refractivity contribution >= 4 is 43.5 Å². The number of likely N-dealkylation sites (N-methyl/N-ethyl adjacent to an activating group) is 1. The predicted molar refractivity (Wildman–Crippen MR) is 150 cm³/mol. The Hall–Kier alpha value is -3.17. The van der Waals surface area contributed by atoms with Crippen LogP contribution >= 0.6 is 15.9 Å². The lowest BCUT2D eigenvalue weighted by Gasteiger charge is -2.33. The number of aryl methyl sites for hydroxylation is 2. The van der Waals surface area contributed by atoms with Gasteiger partial charge < -0.3 is 10.2 Å². The summed E-state index contributed by atoms with van der Waals surface area (Å²) in [4.78, 5) is 28.2. The van der Waals surface area contributed by atoms with Crippen molar-refractivity contribution in [1.29, 1.82) is 0 Å². The third kappa shape index (κ3) is 6.99. The maximum atomic E-state index is 13.9. The molecule has 1 unspecified atom stereocenters. The van der Waals surface area contributed by atoms with Crippen molar-refractivity contribution in [1.82, 2.24) is 10.2 Å². The van der Waals surface area contributed by atoms with Crippen molar-refractivity contribution in [3.05, 3.63) is 94.0 Å². The fourth-order valence-electron chi connectivity index (χ4n) is 4.09. The number of nitrogens with zero attached hydrogens (tertiary/aromatic N) is 2. The van der Waals surface area contributed by atoms with Crippen LogP contribution in [0.2, 0.25) is 0 Å². The molecule has 196 valence electrons. The van der Waals surface area contributed by atoms with Crippen LogP contribution in [0.4, 0.5) is 5.69 Å². The van der Waals surface area contributed by atoms with Gasteiger partial charge in [0.25, 0.3) is 10.0 Å². The van der Waals surface area contributed by atoms with E-state index in [2.05, 4.69) is 21.2 Å². The second-order valence-electron chi connectivity index (χ2n) is 8.85. The van der Waals surface area contributed by atoms with E-state index in [-0.39, 0.29) is 17.3 Å². The average molecular weight is 587 g/mol. The molecule has 0 fully saturated rings. The molecule has 1 N–H and O–H groups in total. The first kappa shape index (κ1) is 28.4. The van der Waals surface area contributed by atoms with Crippen LogP contribution in [0.25, 0.3) is 0 Å². The van der Waals surface area contributed by atoms with Crippen molar-refractivity contribution in [2.24, 2.45) is 0 Å². The Bertz CT molecular complexity index is 1360.